The Morgan fingerprint density at radius 3 is 2.65 bits per heavy atom. The van der Waals surface area contributed by atoms with Gasteiger partial charge in [0, 0.05) is 21.9 Å². The lowest BCUT2D eigenvalue weighted by Crippen LogP contribution is -2.07. The average molecular weight is 367 g/mol. The summed E-state index contributed by atoms with van der Waals surface area (Å²) in [5.41, 5.74) is 1.37. The van der Waals surface area contributed by atoms with Crippen molar-refractivity contribution in [2.45, 2.75) is 11.8 Å². The van der Waals surface area contributed by atoms with Crippen molar-refractivity contribution in [3.8, 4) is 0 Å². The number of non-ortho nitro benzene ring substituents is 1. The van der Waals surface area contributed by atoms with Crippen molar-refractivity contribution in [2.24, 2.45) is 0 Å². The Balaban J connectivity index is 3.21. The number of rotatable bonds is 4. The number of ether oxygens (including phenoxy) is 1. The molecule has 92 valence electrons. The number of nitro groups is 1. The van der Waals surface area contributed by atoms with Crippen molar-refractivity contribution in [3.05, 3.63) is 37.8 Å². The molecule has 0 spiro atoms. The molecule has 0 saturated heterocycles. The summed E-state index contributed by atoms with van der Waals surface area (Å²) in [6.45, 7) is 0. The number of halogens is 2. The Labute approximate surface area is 115 Å². The number of nitrogens with zero attached hydrogens (tertiary/aromatic N) is 1. The fraction of sp³-hybridized carbons (Fsp3) is 0.300. The third-order valence-corrected chi connectivity index (χ3v) is 3.49. The quantitative estimate of drug-likeness (QED) is 0.355. The lowest BCUT2D eigenvalue weighted by molar-refractivity contribution is -0.385. The van der Waals surface area contributed by atoms with E-state index in [1.54, 1.807) is 0 Å². The van der Waals surface area contributed by atoms with Crippen LogP contribution in [0.1, 0.15) is 11.1 Å². The summed E-state index contributed by atoms with van der Waals surface area (Å²) in [7, 11) is 1.30. The largest absolute Gasteiger partial charge is 0.469 e. The Bertz CT molecular complexity index is 462. The first-order valence-electron chi connectivity index (χ1n) is 4.58. The highest BCUT2D eigenvalue weighted by Gasteiger charge is 2.17. The molecule has 0 N–H and O–H groups in total. The molecular weight excluding hydrogens is 358 g/mol. The van der Waals surface area contributed by atoms with Crippen molar-refractivity contribution in [1.29, 1.82) is 0 Å². The van der Waals surface area contributed by atoms with Gasteiger partial charge in [-0.2, -0.15) is 0 Å². The topological polar surface area (TPSA) is 69.4 Å². The van der Waals surface area contributed by atoms with Crippen molar-refractivity contribution < 1.29 is 14.5 Å². The van der Waals surface area contributed by atoms with Gasteiger partial charge in [-0.05, 0) is 11.1 Å². The van der Waals surface area contributed by atoms with Crippen LogP contribution in [0.3, 0.4) is 0 Å². The third kappa shape index (κ3) is 3.50. The maximum absolute atomic E-state index is 11.2. The number of carbonyl (C=O) groups excluding carboxylic acids is 1. The molecule has 0 aromatic heterocycles. The number of esters is 1. The summed E-state index contributed by atoms with van der Waals surface area (Å²) in [4.78, 5) is 21.4. The molecule has 0 bridgehead atoms. The fourth-order valence-electron chi connectivity index (χ4n) is 1.32. The molecule has 0 amide bonds. The van der Waals surface area contributed by atoms with E-state index in [0.29, 0.717) is 20.9 Å². The standard InChI is InChI=1S/C10H9Br2NO4/c1-17-10(14)4-8-6(5-11)2-7(13(15)16)3-9(8)12/h2-3H,4-5H2,1H3. The lowest BCUT2D eigenvalue weighted by Gasteiger charge is -2.08. The minimum Gasteiger partial charge on any atom is -0.469 e. The van der Waals surface area contributed by atoms with Gasteiger partial charge in [0.05, 0.1) is 18.5 Å². The zero-order chi connectivity index (χ0) is 13.0. The Morgan fingerprint density at radius 2 is 2.18 bits per heavy atom. The normalized spacial score (nSPS) is 10.1. The second-order valence-electron chi connectivity index (χ2n) is 3.21. The van der Waals surface area contributed by atoms with Crippen molar-refractivity contribution in [1.82, 2.24) is 0 Å². The van der Waals surface area contributed by atoms with Crippen LogP contribution in [0.2, 0.25) is 0 Å². The Kier molecular flexibility index (Phi) is 5.07. The summed E-state index contributed by atoms with van der Waals surface area (Å²) in [6.07, 6.45) is 0.0794. The summed E-state index contributed by atoms with van der Waals surface area (Å²) in [5.74, 6) is -0.387. The molecule has 0 aliphatic carbocycles. The molecule has 0 saturated carbocycles. The molecule has 17 heavy (non-hydrogen) atoms. The first-order chi connectivity index (χ1) is 7.99. The van der Waals surface area contributed by atoms with Crippen LogP contribution in [0, 0.1) is 10.1 Å². The van der Waals surface area contributed by atoms with Crippen molar-refractivity contribution in [2.75, 3.05) is 7.11 Å². The monoisotopic (exact) mass is 365 g/mol. The Morgan fingerprint density at radius 1 is 1.53 bits per heavy atom. The third-order valence-electron chi connectivity index (χ3n) is 2.18. The first kappa shape index (κ1) is 14.1. The van der Waals surface area contributed by atoms with E-state index in [0.717, 1.165) is 0 Å². The molecule has 0 heterocycles. The zero-order valence-electron chi connectivity index (χ0n) is 8.91. The minimum atomic E-state index is -0.473. The number of methoxy groups -OCH3 is 1. The van der Waals surface area contributed by atoms with Crippen LogP contribution in [0.25, 0.3) is 0 Å². The number of alkyl halides is 1. The predicted octanol–water partition coefficient (Wildman–Crippen LogP) is 2.97. The molecule has 0 radical (unpaired) electrons. The van der Waals surface area contributed by atoms with Gasteiger partial charge in [0.2, 0.25) is 0 Å². The second-order valence-corrected chi connectivity index (χ2v) is 4.62. The molecule has 0 aliphatic heterocycles. The molecule has 1 aromatic rings. The van der Waals surface area contributed by atoms with Crippen LogP contribution in [0.5, 0.6) is 0 Å². The summed E-state index contributed by atoms with van der Waals surface area (Å²) < 4.78 is 5.11. The van der Waals surface area contributed by atoms with Crippen molar-refractivity contribution in [3.63, 3.8) is 0 Å². The van der Waals surface area contributed by atoms with E-state index >= 15 is 0 Å². The highest BCUT2D eigenvalue weighted by atomic mass is 79.9. The Hall–Kier alpha value is -0.950. The van der Waals surface area contributed by atoms with E-state index in [1.165, 1.54) is 19.2 Å². The number of hydrogen-bond donors (Lipinski definition) is 0. The second kappa shape index (κ2) is 6.11. The molecular formula is C10H9Br2NO4. The fourth-order valence-corrected chi connectivity index (χ4v) is 2.45. The van der Waals surface area contributed by atoms with E-state index in [2.05, 4.69) is 36.6 Å². The summed E-state index contributed by atoms with van der Waals surface area (Å²) in [6, 6.07) is 2.82. The molecule has 0 fully saturated rings. The summed E-state index contributed by atoms with van der Waals surface area (Å²) >= 11 is 6.47. The molecule has 7 heteroatoms. The van der Waals surface area contributed by atoms with E-state index < -0.39 is 4.92 Å². The maximum atomic E-state index is 11.2. The highest BCUT2D eigenvalue weighted by Crippen LogP contribution is 2.29. The van der Waals surface area contributed by atoms with Gasteiger partial charge in [0.25, 0.3) is 5.69 Å². The van der Waals surface area contributed by atoms with Gasteiger partial charge in [-0.25, -0.2) is 0 Å². The number of nitro benzene ring substituents is 1. The number of hydrogen-bond acceptors (Lipinski definition) is 4. The average Bonchev–Trinajstić information content (AvgIpc) is 2.30. The maximum Gasteiger partial charge on any atom is 0.310 e. The van der Waals surface area contributed by atoms with E-state index in [4.69, 9.17) is 0 Å². The van der Waals surface area contributed by atoms with E-state index in [9.17, 15) is 14.9 Å². The molecule has 1 rings (SSSR count). The molecule has 5 nitrogen and oxygen atoms in total. The van der Waals surface area contributed by atoms with Gasteiger partial charge >= 0.3 is 5.97 Å². The molecule has 1 aromatic carbocycles. The van der Waals surface area contributed by atoms with Crippen LogP contribution in [-0.4, -0.2) is 18.0 Å². The minimum absolute atomic E-state index is 0.0139. The zero-order valence-corrected chi connectivity index (χ0v) is 12.1. The van der Waals surface area contributed by atoms with Gasteiger partial charge in [-0.1, -0.05) is 31.9 Å². The smallest absolute Gasteiger partial charge is 0.310 e. The highest BCUT2D eigenvalue weighted by molar-refractivity contribution is 9.10. The molecule has 0 aliphatic rings. The van der Waals surface area contributed by atoms with Crippen LogP contribution in [0.15, 0.2) is 16.6 Å². The van der Waals surface area contributed by atoms with Crippen LogP contribution < -0.4 is 0 Å². The SMILES string of the molecule is COC(=O)Cc1c(Br)cc([N+](=O)[O-])cc1CBr. The van der Waals surface area contributed by atoms with Gasteiger partial charge in [0.1, 0.15) is 0 Å². The van der Waals surface area contributed by atoms with E-state index in [-0.39, 0.29) is 18.1 Å². The van der Waals surface area contributed by atoms with Crippen LogP contribution >= 0.6 is 31.9 Å². The molecule has 0 unspecified atom stereocenters. The number of benzene rings is 1. The van der Waals surface area contributed by atoms with Gasteiger partial charge in [-0.3, -0.25) is 14.9 Å². The van der Waals surface area contributed by atoms with Gasteiger partial charge in [0.15, 0.2) is 0 Å². The van der Waals surface area contributed by atoms with Gasteiger partial charge in [-0.15, -0.1) is 0 Å². The number of carbonyl (C=O) groups is 1. The lowest BCUT2D eigenvalue weighted by atomic mass is 10.1. The first-order valence-corrected chi connectivity index (χ1v) is 6.49. The van der Waals surface area contributed by atoms with Crippen molar-refractivity contribution >= 4 is 43.5 Å². The molecule has 0 atom stereocenters. The van der Waals surface area contributed by atoms with Crippen LogP contribution in [-0.2, 0) is 21.3 Å². The van der Waals surface area contributed by atoms with E-state index in [1.807, 2.05) is 0 Å². The van der Waals surface area contributed by atoms with Gasteiger partial charge < -0.3 is 4.74 Å². The predicted molar refractivity (Wildman–Crippen MR) is 69.1 cm³/mol. The summed E-state index contributed by atoms with van der Waals surface area (Å²) in [5, 5.41) is 11.1. The van der Waals surface area contributed by atoms with Crippen LogP contribution in [0.4, 0.5) is 5.69 Å².